The maximum Gasteiger partial charge on any atom is 0.367 e. The Labute approximate surface area is 74.7 Å². The summed E-state index contributed by atoms with van der Waals surface area (Å²) in [6, 6.07) is 0.253. The van der Waals surface area contributed by atoms with Gasteiger partial charge in [-0.05, 0) is 13.5 Å². The van der Waals surface area contributed by atoms with Crippen LogP contribution >= 0.6 is 22.6 Å². The van der Waals surface area contributed by atoms with Crippen LogP contribution in [0.15, 0.2) is 0 Å². The van der Waals surface area contributed by atoms with E-state index in [2.05, 4.69) is 5.32 Å². The molecule has 0 heterocycles. The van der Waals surface area contributed by atoms with E-state index < -0.39 is 0 Å². The maximum absolute atomic E-state index is 10.3. The van der Waals surface area contributed by atoms with Crippen molar-refractivity contribution in [1.29, 1.82) is 0 Å². The summed E-state index contributed by atoms with van der Waals surface area (Å²) in [5, 5.41) is 3.12. The van der Waals surface area contributed by atoms with Gasteiger partial charge in [0.2, 0.25) is 0 Å². The fraction of sp³-hybridized carbons (Fsp3) is 0.833. The largest absolute Gasteiger partial charge is 0.457 e. The SMILES string of the molecule is CCNC(C)COC(=O)I. The van der Waals surface area contributed by atoms with E-state index in [1.807, 2.05) is 13.8 Å². The van der Waals surface area contributed by atoms with E-state index >= 15 is 0 Å². The van der Waals surface area contributed by atoms with Gasteiger partial charge in [-0.25, -0.2) is 4.79 Å². The van der Waals surface area contributed by atoms with Gasteiger partial charge in [0.15, 0.2) is 0 Å². The molecule has 0 aliphatic rings. The normalized spacial score (nSPS) is 12.7. The van der Waals surface area contributed by atoms with Crippen molar-refractivity contribution in [3.63, 3.8) is 0 Å². The fourth-order valence-electron chi connectivity index (χ4n) is 0.598. The predicted octanol–water partition coefficient (Wildman–Crippen LogP) is 1.56. The molecule has 0 aliphatic carbocycles. The highest BCUT2D eigenvalue weighted by Crippen LogP contribution is 1.92. The molecule has 0 saturated heterocycles. The molecule has 10 heavy (non-hydrogen) atoms. The van der Waals surface area contributed by atoms with Crippen LogP contribution in [-0.2, 0) is 4.74 Å². The van der Waals surface area contributed by atoms with Crippen molar-refractivity contribution < 1.29 is 9.53 Å². The molecule has 1 N–H and O–H groups in total. The van der Waals surface area contributed by atoms with Crippen LogP contribution in [0.5, 0.6) is 0 Å². The van der Waals surface area contributed by atoms with E-state index in [-0.39, 0.29) is 10.0 Å². The third-order valence-electron chi connectivity index (χ3n) is 0.999. The molecule has 3 nitrogen and oxygen atoms in total. The summed E-state index contributed by atoms with van der Waals surface area (Å²) in [6.07, 6.45) is 0. The van der Waals surface area contributed by atoms with E-state index in [9.17, 15) is 4.79 Å². The minimum atomic E-state index is -0.248. The summed E-state index contributed by atoms with van der Waals surface area (Å²) >= 11 is 1.62. The summed E-state index contributed by atoms with van der Waals surface area (Å²) in [7, 11) is 0. The highest BCUT2D eigenvalue weighted by molar-refractivity contribution is 14.1. The van der Waals surface area contributed by atoms with Crippen LogP contribution < -0.4 is 5.32 Å². The Balaban J connectivity index is 3.21. The molecular weight excluding hydrogens is 245 g/mol. The van der Waals surface area contributed by atoms with Gasteiger partial charge >= 0.3 is 3.98 Å². The van der Waals surface area contributed by atoms with E-state index in [1.165, 1.54) is 0 Å². The van der Waals surface area contributed by atoms with E-state index in [1.54, 1.807) is 22.6 Å². The molecule has 0 saturated carbocycles. The van der Waals surface area contributed by atoms with Gasteiger partial charge in [-0.1, -0.05) is 6.92 Å². The van der Waals surface area contributed by atoms with Crippen molar-refractivity contribution in [1.82, 2.24) is 5.32 Å². The number of nitrogens with one attached hydrogen (secondary N) is 1. The molecule has 1 atom stereocenters. The van der Waals surface area contributed by atoms with Crippen molar-refractivity contribution in [2.75, 3.05) is 13.2 Å². The van der Waals surface area contributed by atoms with Gasteiger partial charge in [-0.15, -0.1) is 0 Å². The Hall–Kier alpha value is 0.160. The minimum absolute atomic E-state index is 0.248. The first-order chi connectivity index (χ1) is 4.66. The van der Waals surface area contributed by atoms with E-state index in [0.717, 1.165) is 6.54 Å². The molecule has 0 bridgehead atoms. The van der Waals surface area contributed by atoms with Gasteiger partial charge < -0.3 is 10.1 Å². The molecule has 0 radical (unpaired) electrons. The Morgan fingerprint density at radius 1 is 1.80 bits per heavy atom. The zero-order valence-electron chi connectivity index (χ0n) is 6.19. The zero-order valence-corrected chi connectivity index (χ0v) is 8.34. The number of ether oxygens (including phenoxy) is 1. The van der Waals surface area contributed by atoms with E-state index in [0.29, 0.717) is 6.61 Å². The molecule has 0 spiro atoms. The van der Waals surface area contributed by atoms with E-state index in [4.69, 9.17) is 4.74 Å². The summed E-state index contributed by atoms with van der Waals surface area (Å²) in [5.41, 5.74) is 0. The molecule has 0 aromatic rings. The third kappa shape index (κ3) is 6.28. The van der Waals surface area contributed by atoms with Gasteiger partial charge in [-0.3, -0.25) is 0 Å². The van der Waals surface area contributed by atoms with Crippen molar-refractivity contribution in [2.45, 2.75) is 19.9 Å². The summed E-state index contributed by atoms with van der Waals surface area (Å²) in [5.74, 6) is 0. The summed E-state index contributed by atoms with van der Waals surface area (Å²) < 4.78 is 4.49. The van der Waals surface area contributed by atoms with Crippen LogP contribution in [0.1, 0.15) is 13.8 Å². The van der Waals surface area contributed by atoms with Crippen LogP contribution in [0.2, 0.25) is 0 Å². The van der Waals surface area contributed by atoms with Crippen molar-refractivity contribution in [3.05, 3.63) is 0 Å². The Morgan fingerprint density at radius 3 is 2.80 bits per heavy atom. The molecule has 0 fully saturated rings. The molecular formula is C6H12INO2. The Bertz CT molecular complexity index is 108. The maximum atomic E-state index is 10.3. The molecule has 0 aliphatic heterocycles. The Kier molecular flexibility index (Phi) is 6.00. The second kappa shape index (κ2) is 5.91. The number of carbonyl (C=O) groups excluding carboxylic acids is 1. The van der Waals surface area contributed by atoms with Crippen LogP contribution in [0.4, 0.5) is 4.79 Å². The predicted molar refractivity (Wildman–Crippen MR) is 48.5 cm³/mol. The molecule has 60 valence electrons. The second-order valence-corrected chi connectivity index (χ2v) is 2.89. The lowest BCUT2D eigenvalue weighted by Gasteiger charge is -2.10. The van der Waals surface area contributed by atoms with Gasteiger partial charge in [0.05, 0.1) is 22.6 Å². The highest BCUT2D eigenvalue weighted by Gasteiger charge is 2.01. The van der Waals surface area contributed by atoms with Crippen LogP contribution in [0.3, 0.4) is 0 Å². The molecule has 0 aromatic carbocycles. The van der Waals surface area contributed by atoms with Crippen molar-refractivity contribution >= 4 is 26.6 Å². The first kappa shape index (κ1) is 10.2. The topological polar surface area (TPSA) is 38.3 Å². The van der Waals surface area contributed by atoms with Crippen molar-refractivity contribution in [3.8, 4) is 0 Å². The number of hydrogen-bond donors (Lipinski definition) is 1. The lowest BCUT2D eigenvalue weighted by atomic mass is 10.4. The molecule has 1 unspecified atom stereocenters. The minimum Gasteiger partial charge on any atom is -0.457 e. The average molecular weight is 257 g/mol. The average Bonchev–Trinajstić information content (AvgIpc) is 1.85. The zero-order chi connectivity index (χ0) is 7.98. The number of likely N-dealkylation sites (N-methyl/N-ethyl adjacent to an activating group) is 1. The first-order valence-electron chi connectivity index (χ1n) is 3.22. The third-order valence-corrected chi connectivity index (χ3v) is 1.31. The lowest BCUT2D eigenvalue weighted by Crippen LogP contribution is -2.30. The summed E-state index contributed by atoms with van der Waals surface area (Å²) in [4.78, 5) is 10.3. The lowest BCUT2D eigenvalue weighted by molar-refractivity contribution is 0.167. The monoisotopic (exact) mass is 257 g/mol. The summed E-state index contributed by atoms with van der Waals surface area (Å²) in [6.45, 7) is 5.35. The number of halogens is 1. The number of carbonyl (C=O) groups is 1. The number of rotatable bonds is 4. The first-order valence-corrected chi connectivity index (χ1v) is 4.30. The fourth-order valence-corrected chi connectivity index (χ4v) is 0.778. The second-order valence-electron chi connectivity index (χ2n) is 2.01. The van der Waals surface area contributed by atoms with Crippen LogP contribution in [0.25, 0.3) is 0 Å². The molecule has 0 rings (SSSR count). The van der Waals surface area contributed by atoms with Gasteiger partial charge in [0.25, 0.3) is 0 Å². The van der Waals surface area contributed by atoms with Crippen LogP contribution in [-0.4, -0.2) is 23.2 Å². The quantitative estimate of drug-likeness (QED) is 0.613. The van der Waals surface area contributed by atoms with Crippen molar-refractivity contribution in [2.24, 2.45) is 0 Å². The highest BCUT2D eigenvalue weighted by atomic mass is 127. The number of hydrogen-bond acceptors (Lipinski definition) is 3. The Morgan fingerprint density at radius 2 is 2.40 bits per heavy atom. The molecule has 4 heteroatoms. The molecule has 0 aromatic heterocycles. The molecule has 0 amide bonds. The smallest absolute Gasteiger partial charge is 0.367 e. The van der Waals surface area contributed by atoms with Crippen LogP contribution in [0, 0.1) is 0 Å². The van der Waals surface area contributed by atoms with Gasteiger partial charge in [0.1, 0.15) is 6.61 Å². The standard InChI is InChI=1S/C6H12INO2/c1-3-8-5(2)4-10-6(7)9/h5,8H,3-4H2,1-2H3. The van der Waals surface area contributed by atoms with Gasteiger partial charge in [0, 0.05) is 6.04 Å². The van der Waals surface area contributed by atoms with Gasteiger partial charge in [-0.2, -0.15) is 0 Å².